The first kappa shape index (κ1) is 31.3. The number of esters is 4. The van der Waals surface area contributed by atoms with Gasteiger partial charge in [0.05, 0.1) is 26.4 Å². The van der Waals surface area contributed by atoms with Gasteiger partial charge in [-0.1, -0.05) is 18.5 Å². The third-order valence-electron chi connectivity index (χ3n) is 2.15. The molecule has 0 rings (SSSR count). The molecule has 0 aliphatic carbocycles. The molecule has 0 saturated heterocycles. The Hall–Kier alpha value is -2.40. The summed E-state index contributed by atoms with van der Waals surface area (Å²) in [6.07, 6.45) is 0. The number of carbonyl (C=O) groups excluding carboxylic acids is 4. The number of halogens is 1. The molecule has 0 saturated carbocycles. The maximum absolute atomic E-state index is 11.2. The number of nitrogens with one attached hydrogen (secondary N) is 1. The van der Waals surface area contributed by atoms with Crippen molar-refractivity contribution in [2.45, 2.75) is 40.0 Å². The summed E-state index contributed by atoms with van der Waals surface area (Å²) in [6, 6.07) is 0. The maximum atomic E-state index is 11.2. The zero-order valence-corrected chi connectivity index (χ0v) is 18.5. The van der Waals surface area contributed by atoms with E-state index in [0.29, 0.717) is 0 Å². The van der Waals surface area contributed by atoms with E-state index >= 15 is 0 Å². The standard InChI is InChI=1S/C8H14N2O4.C7H11ClO4.C2H7N/c1-4-13-7(11)6(10-9-3)8(12)14-5-2;1-3-11-6(9)5(8)7(10)12-4-2;1-2-3/h9H,4-5H2,1-3H3;5H,3-4H2,1-2H3;2-3H2,1H3. The van der Waals surface area contributed by atoms with Gasteiger partial charge in [-0.2, -0.15) is 5.10 Å². The molecule has 0 fully saturated rings. The molecule has 0 aromatic carbocycles. The van der Waals surface area contributed by atoms with Crippen LogP contribution >= 0.6 is 11.6 Å². The second-order valence-electron chi connectivity index (χ2n) is 4.40. The second-order valence-corrected chi connectivity index (χ2v) is 4.84. The number of nitrogens with two attached hydrogens (primary N) is 1. The van der Waals surface area contributed by atoms with Crippen molar-refractivity contribution in [2.24, 2.45) is 10.8 Å². The number of carbonyl (C=O) groups is 4. The largest absolute Gasteiger partial charge is 0.464 e. The van der Waals surface area contributed by atoms with Gasteiger partial charge in [-0.25, -0.2) is 19.2 Å². The van der Waals surface area contributed by atoms with E-state index in [0.717, 1.165) is 6.54 Å². The minimum Gasteiger partial charge on any atom is -0.464 e. The lowest BCUT2D eigenvalue weighted by atomic mass is 10.4. The third-order valence-corrected chi connectivity index (χ3v) is 2.50. The van der Waals surface area contributed by atoms with Crippen molar-refractivity contribution in [3.8, 4) is 0 Å². The molecule has 12 heteroatoms. The lowest BCUT2D eigenvalue weighted by Gasteiger charge is -2.06. The van der Waals surface area contributed by atoms with Gasteiger partial charge in [-0.3, -0.25) is 0 Å². The van der Waals surface area contributed by atoms with Crippen LogP contribution in [0, 0.1) is 0 Å². The van der Waals surface area contributed by atoms with Crippen LogP contribution in [0.5, 0.6) is 0 Å². The van der Waals surface area contributed by atoms with Gasteiger partial charge in [0.25, 0.3) is 5.71 Å². The van der Waals surface area contributed by atoms with Gasteiger partial charge in [0.1, 0.15) is 0 Å². The highest BCUT2D eigenvalue weighted by Gasteiger charge is 2.26. The fourth-order valence-corrected chi connectivity index (χ4v) is 1.34. The molecule has 0 atom stereocenters. The second kappa shape index (κ2) is 21.9. The highest BCUT2D eigenvalue weighted by atomic mass is 35.5. The van der Waals surface area contributed by atoms with Gasteiger partial charge in [0.15, 0.2) is 0 Å². The molecule has 11 nitrogen and oxygen atoms in total. The Bertz CT molecular complexity index is 477. The van der Waals surface area contributed by atoms with Gasteiger partial charge >= 0.3 is 23.9 Å². The van der Waals surface area contributed by atoms with Crippen molar-refractivity contribution in [3.05, 3.63) is 0 Å². The maximum Gasteiger partial charge on any atom is 0.366 e. The van der Waals surface area contributed by atoms with Crippen LogP contribution in [0.25, 0.3) is 0 Å². The quantitative estimate of drug-likeness (QED) is 0.128. The molecule has 0 radical (unpaired) electrons. The Morgan fingerprint density at radius 1 is 0.828 bits per heavy atom. The number of hydrogen-bond donors (Lipinski definition) is 2. The van der Waals surface area contributed by atoms with Gasteiger partial charge < -0.3 is 30.1 Å². The van der Waals surface area contributed by atoms with E-state index in [1.807, 2.05) is 6.92 Å². The highest BCUT2D eigenvalue weighted by molar-refractivity contribution is 6.62. The van der Waals surface area contributed by atoms with Crippen LogP contribution in [0.4, 0.5) is 0 Å². The van der Waals surface area contributed by atoms with Crippen LogP contribution in [0.2, 0.25) is 0 Å². The predicted octanol–water partition coefficient (Wildman–Crippen LogP) is 0.373. The lowest BCUT2D eigenvalue weighted by molar-refractivity contribution is -0.153. The number of nitrogens with zero attached hydrogens (tertiary/aromatic N) is 1. The Kier molecular flexibility index (Phi) is 23.6. The first-order valence-electron chi connectivity index (χ1n) is 8.97. The predicted molar refractivity (Wildman–Crippen MR) is 107 cm³/mol. The fraction of sp³-hybridized carbons (Fsp3) is 0.706. The van der Waals surface area contributed by atoms with E-state index in [2.05, 4.69) is 29.5 Å². The molecule has 0 aromatic heterocycles. The summed E-state index contributed by atoms with van der Waals surface area (Å²) in [5.74, 6) is -3.11. The van der Waals surface area contributed by atoms with Crippen LogP contribution in [0.1, 0.15) is 34.6 Å². The topological polar surface area (TPSA) is 156 Å². The SMILES string of the molecule is CCN.CCOC(=O)C(=NNC)C(=O)OCC.CCOC(=O)C(Cl)C(=O)OCC. The number of ether oxygens (including phenoxy) is 4. The van der Waals surface area contributed by atoms with E-state index in [1.165, 1.54) is 7.05 Å². The number of hydrogen-bond acceptors (Lipinski definition) is 11. The number of rotatable bonds is 9. The van der Waals surface area contributed by atoms with Gasteiger partial charge in [-0.05, 0) is 34.2 Å². The van der Waals surface area contributed by atoms with Crippen LogP contribution in [-0.2, 0) is 38.1 Å². The molecule has 0 heterocycles. The molecule has 0 spiro atoms. The molecule has 0 unspecified atom stereocenters. The smallest absolute Gasteiger partial charge is 0.366 e. The minimum absolute atomic E-state index is 0.182. The van der Waals surface area contributed by atoms with E-state index in [9.17, 15) is 19.2 Å². The minimum atomic E-state index is -1.34. The summed E-state index contributed by atoms with van der Waals surface area (Å²) in [6.45, 7) is 9.95. The molecule has 3 N–H and O–H groups in total. The first-order chi connectivity index (χ1) is 13.7. The summed E-state index contributed by atoms with van der Waals surface area (Å²) >= 11 is 5.39. The van der Waals surface area contributed by atoms with Crippen LogP contribution in [-0.4, -0.2) is 75.0 Å². The van der Waals surface area contributed by atoms with E-state index in [-0.39, 0.29) is 32.1 Å². The Morgan fingerprint density at radius 2 is 1.14 bits per heavy atom. The van der Waals surface area contributed by atoms with Crippen molar-refractivity contribution in [2.75, 3.05) is 40.0 Å². The zero-order valence-electron chi connectivity index (χ0n) is 17.8. The third kappa shape index (κ3) is 17.4. The Morgan fingerprint density at radius 3 is 1.38 bits per heavy atom. The van der Waals surface area contributed by atoms with E-state index in [4.69, 9.17) is 17.3 Å². The summed E-state index contributed by atoms with van der Waals surface area (Å²) in [4.78, 5) is 43.9. The van der Waals surface area contributed by atoms with Crippen LogP contribution < -0.4 is 11.2 Å². The normalized spacial score (nSPS) is 8.86. The van der Waals surface area contributed by atoms with Crippen LogP contribution in [0.3, 0.4) is 0 Å². The fourth-order valence-electron chi connectivity index (χ4n) is 1.21. The monoisotopic (exact) mass is 441 g/mol. The molecule has 0 amide bonds. The van der Waals surface area contributed by atoms with E-state index < -0.39 is 29.3 Å². The summed E-state index contributed by atoms with van der Waals surface area (Å²) in [5, 5.41) is 2.14. The molecule has 0 bridgehead atoms. The van der Waals surface area contributed by atoms with Crippen molar-refractivity contribution < 1.29 is 38.1 Å². The summed E-state index contributed by atoms with van der Waals surface area (Å²) < 4.78 is 18.2. The summed E-state index contributed by atoms with van der Waals surface area (Å²) in [5.41, 5.74) is 6.80. The molecular formula is C17H32ClN3O8. The molecule has 0 aliphatic rings. The Balaban J connectivity index is -0.000000414. The molecule has 0 aromatic rings. The number of hydrazone groups is 1. The van der Waals surface area contributed by atoms with Crippen molar-refractivity contribution >= 4 is 41.2 Å². The average Bonchev–Trinajstić information content (AvgIpc) is 2.67. The van der Waals surface area contributed by atoms with Crippen molar-refractivity contribution in [1.29, 1.82) is 0 Å². The molecule has 170 valence electrons. The number of alkyl halides is 1. The zero-order chi connectivity index (χ0) is 23.2. The van der Waals surface area contributed by atoms with Gasteiger partial charge in [-0.15, -0.1) is 0 Å². The van der Waals surface area contributed by atoms with Gasteiger partial charge in [0.2, 0.25) is 5.38 Å². The van der Waals surface area contributed by atoms with Gasteiger partial charge in [0, 0.05) is 7.05 Å². The molecule has 29 heavy (non-hydrogen) atoms. The van der Waals surface area contributed by atoms with Crippen LogP contribution in [0.15, 0.2) is 5.10 Å². The van der Waals surface area contributed by atoms with E-state index in [1.54, 1.807) is 27.7 Å². The van der Waals surface area contributed by atoms with Crippen molar-refractivity contribution in [1.82, 2.24) is 5.43 Å². The Labute approximate surface area is 176 Å². The molecule has 0 aliphatic heterocycles. The van der Waals surface area contributed by atoms with Crippen molar-refractivity contribution in [3.63, 3.8) is 0 Å². The average molecular weight is 442 g/mol. The molecular weight excluding hydrogens is 410 g/mol. The lowest BCUT2D eigenvalue weighted by Crippen LogP contribution is -2.30. The summed E-state index contributed by atoms with van der Waals surface area (Å²) in [7, 11) is 1.47. The first-order valence-corrected chi connectivity index (χ1v) is 9.41. The highest BCUT2D eigenvalue weighted by Crippen LogP contribution is 2.01.